The molecule has 0 amide bonds. The molecule has 8 heteroatoms. The van der Waals surface area contributed by atoms with Gasteiger partial charge in [-0.1, -0.05) is 6.92 Å². The molecule has 1 saturated heterocycles. The van der Waals surface area contributed by atoms with Gasteiger partial charge in [0, 0.05) is 37.5 Å². The fourth-order valence-electron chi connectivity index (χ4n) is 4.32. The Morgan fingerprint density at radius 2 is 1.86 bits per heavy atom. The number of hydrogen-bond donors (Lipinski definition) is 0. The van der Waals surface area contributed by atoms with Gasteiger partial charge in [-0.15, -0.1) is 16.4 Å². The maximum atomic E-state index is 6.02. The molecule has 0 N–H and O–H groups in total. The smallest absolute Gasteiger partial charge is 0.168 e. The lowest BCUT2D eigenvalue weighted by Crippen LogP contribution is -2.45. The zero-order valence-corrected chi connectivity index (χ0v) is 18.0. The Balaban J connectivity index is 1.53. The van der Waals surface area contributed by atoms with Gasteiger partial charge in [0.1, 0.15) is 10.7 Å². The first-order valence-corrected chi connectivity index (χ1v) is 11.0. The maximum absolute atomic E-state index is 6.02. The number of piperazine rings is 1. The van der Waals surface area contributed by atoms with Crippen LogP contribution in [0.25, 0.3) is 15.9 Å². The Labute approximate surface area is 169 Å². The molecule has 0 atom stereocenters. The van der Waals surface area contributed by atoms with Crippen molar-refractivity contribution in [2.45, 2.75) is 52.9 Å². The monoisotopic (exact) mass is 400 g/mol. The standard InChI is InChI=1S/C20H28N6OS/c1-5-24-6-8-25(9-7-24)11-16-22-18-17-14-10-20(3,4)27-12-15(14)28-19(17)21-13(2)26(18)23-16/h5-12H2,1-4H3. The van der Waals surface area contributed by atoms with Crippen molar-refractivity contribution in [1.82, 2.24) is 29.4 Å². The normalized spacial score (nSPS) is 20.9. The predicted octanol–water partition coefficient (Wildman–Crippen LogP) is 2.64. The average molecular weight is 401 g/mol. The number of fused-ring (bicyclic) bond motifs is 5. The number of nitrogens with zero attached hydrogens (tertiary/aromatic N) is 6. The summed E-state index contributed by atoms with van der Waals surface area (Å²) >= 11 is 1.74. The van der Waals surface area contributed by atoms with Crippen molar-refractivity contribution in [3.63, 3.8) is 0 Å². The number of hydrogen-bond acceptors (Lipinski definition) is 7. The van der Waals surface area contributed by atoms with Crippen molar-refractivity contribution in [3.05, 3.63) is 22.1 Å². The molecule has 0 aromatic carbocycles. The second-order valence-electron chi connectivity index (χ2n) is 8.54. The molecule has 0 spiro atoms. The van der Waals surface area contributed by atoms with E-state index in [-0.39, 0.29) is 5.60 Å². The van der Waals surface area contributed by atoms with Crippen molar-refractivity contribution in [3.8, 4) is 0 Å². The highest BCUT2D eigenvalue weighted by atomic mass is 32.1. The van der Waals surface area contributed by atoms with Gasteiger partial charge in [0.25, 0.3) is 0 Å². The molecule has 7 nitrogen and oxygen atoms in total. The van der Waals surface area contributed by atoms with Gasteiger partial charge in [0.05, 0.1) is 24.1 Å². The predicted molar refractivity (Wildman–Crippen MR) is 111 cm³/mol. The summed E-state index contributed by atoms with van der Waals surface area (Å²) in [6, 6.07) is 0. The Hall–Kier alpha value is -1.61. The van der Waals surface area contributed by atoms with E-state index in [4.69, 9.17) is 19.8 Å². The summed E-state index contributed by atoms with van der Waals surface area (Å²) in [5.41, 5.74) is 2.16. The molecule has 0 saturated carbocycles. The Morgan fingerprint density at radius 1 is 1.11 bits per heavy atom. The van der Waals surface area contributed by atoms with Crippen molar-refractivity contribution in [2.75, 3.05) is 32.7 Å². The molecule has 150 valence electrons. The van der Waals surface area contributed by atoms with Gasteiger partial charge in [0.2, 0.25) is 0 Å². The second-order valence-corrected chi connectivity index (χ2v) is 9.63. The summed E-state index contributed by atoms with van der Waals surface area (Å²) in [6.45, 7) is 15.6. The number of thiophene rings is 1. The van der Waals surface area contributed by atoms with Gasteiger partial charge in [-0.3, -0.25) is 4.90 Å². The lowest BCUT2D eigenvalue weighted by atomic mass is 9.94. The van der Waals surface area contributed by atoms with E-state index < -0.39 is 0 Å². The molecule has 0 bridgehead atoms. The molecule has 3 aromatic rings. The van der Waals surface area contributed by atoms with Crippen LogP contribution in [0.15, 0.2) is 0 Å². The van der Waals surface area contributed by atoms with Crippen LogP contribution in [0.2, 0.25) is 0 Å². The topological polar surface area (TPSA) is 58.8 Å². The first-order valence-electron chi connectivity index (χ1n) is 10.2. The third kappa shape index (κ3) is 3.12. The molecule has 0 unspecified atom stereocenters. The lowest BCUT2D eigenvalue weighted by molar-refractivity contribution is -0.0379. The van der Waals surface area contributed by atoms with E-state index in [0.29, 0.717) is 6.61 Å². The van der Waals surface area contributed by atoms with Crippen LogP contribution in [-0.2, 0) is 24.3 Å². The molecular formula is C20H28N6OS. The fourth-order valence-corrected chi connectivity index (χ4v) is 5.46. The van der Waals surface area contributed by atoms with E-state index in [0.717, 1.165) is 67.8 Å². The Bertz CT molecular complexity index is 1030. The van der Waals surface area contributed by atoms with E-state index in [2.05, 4.69) is 30.6 Å². The quantitative estimate of drug-likeness (QED) is 0.674. The van der Waals surface area contributed by atoms with Gasteiger partial charge in [0.15, 0.2) is 11.5 Å². The number of rotatable bonds is 3. The third-order valence-corrected chi connectivity index (χ3v) is 7.09. The van der Waals surface area contributed by atoms with E-state index in [1.54, 1.807) is 11.3 Å². The highest BCUT2D eigenvalue weighted by Gasteiger charge is 2.31. The molecule has 1 fully saturated rings. The molecule has 0 radical (unpaired) electrons. The zero-order chi connectivity index (χ0) is 19.5. The fraction of sp³-hybridized carbons (Fsp3) is 0.650. The summed E-state index contributed by atoms with van der Waals surface area (Å²) in [5.74, 6) is 1.80. The minimum atomic E-state index is -0.148. The number of aryl methyl sites for hydroxylation is 1. The minimum Gasteiger partial charge on any atom is -0.370 e. The van der Waals surface area contributed by atoms with Gasteiger partial charge >= 0.3 is 0 Å². The van der Waals surface area contributed by atoms with Gasteiger partial charge in [-0.2, -0.15) is 4.52 Å². The van der Waals surface area contributed by atoms with E-state index >= 15 is 0 Å². The van der Waals surface area contributed by atoms with Crippen molar-refractivity contribution in [2.24, 2.45) is 0 Å². The van der Waals surface area contributed by atoms with E-state index in [1.807, 2.05) is 11.4 Å². The van der Waals surface area contributed by atoms with Crippen molar-refractivity contribution in [1.29, 1.82) is 0 Å². The molecule has 28 heavy (non-hydrogen) atoms. The first kappa shape index (κ1) is 18.4. The largest absolute Gasteiger partial charge is 0.370 e. The molecule has 5 heterocycles. The van der Waals surface area contributed by atoms with Crippen LogP contribution in [-0.4, -0.2) is 67.7 Å². The van der Waals surface area contributed by atoms with Crippen LogP contribution in [0.5, 0.6) is 0 Å². The maximum Gasteiger partial charge on any atom is 0.168 e. The summed E-state index contributed by atoms with van der Waals surface area (Å²) in [7, 11) is 0. The molecule has 2 aliphatic rings. The molecular weight excluding hydrogens is 372 g/mol. The first-order chi connectivity index (χ1) is 13.4. The van der Waals surface area contributed by atoms with Gasteiger partial charge in [-0.05, 0) is 32.9 Å². The third-order valence-electron chi connectivity index (χ3n) is 5.99. The van der Waals surface area contributed by atoms with Crippen LogP contribution in [0.4, 0.5) is 0 Å². The summed E-state index contributed by atoms with van der Waals surface area (Å²) in [5, 5.41) is 6.00. The van der Waals surface area contributed by atoms with Crippen LogP contribution >= 0.6 is 11.3 Å². The van der Waals surface area contributed by atoms with E-state index in [1.165, 1.54) is 15.8 Å². The van der Waals surface area contributed by atoms with Crippen molar-refractivity contribution < 1.29 is 4.74 Å². The lowest BCUT2D eigenvalue weighted by Gasteiger charge is -2.33. The van der Waals surface area contributed by atoms with Crippen LogP contribution in [0.1, 0.15) is 42.9 Å². The SMILES string of the molecule is CCN1CCN(Cc2nc3c4c5c(sc4nc(C)n3n2)COC(C)(C)C5)CC1. The number of aromatic nitrogens is 4. The van der Waals surface area contributed by atoms with Gasteiger partial charge < -0.3 is 9.64 Å². The summed E-state index contributed by atoms with van der Waals surface area (Å²) < 4.78 is 7.96. The highest BCUT2D eigenvalue weighted by Crippen LogP contribution is 2.39. The number of likely N-dealkylation sites (N-methyl/N-ethyl adjacent to an activating group) is 1. The molecule has 5 rings (SSSR count). The zero-order valence-electron chi connectivity index (χ0n) is 17.2. The minimum absolute atomic E-state index is 0.148. The van der Waals surface area contributed by atoms with Gasteiger partial charge in [-0.25, -0.2) is 9.97 Å². The summed E-state index contributed by atoms with van der Waals surface area (Å²) in [4.78, 5) is 17.1. The van der Waals surface area contributed by atoms with Crippen LogP contribution in [0, 0.1) is 6.92 Å². The molecule has 3 aromatic heterocycles. The second kappa shape index (κ2) is 6.73. The van der Waals surface area contributed by atoms with Crippen molar-refractivity contribution >= 4 is 27.2 Å². The molecule has 2 aliphatic heterocycles. The Morgan fingerprint density at radius 3 is 2.61 bits per heavy atom. The number of ether oxygens (including phenoxy) is 1. The summed E-state index contributed by atoms with van der Waals surface area (Å²) in [6.07, 6.45) is 0.893. The Kier molecular flexibility index (Phi) is 4.42. The molecule has 0 aliphatic carbocycles. The average Bonchev–Trinajstić information content (AvgIpc) is 3.22. The van der Waals surface area contributed by atoms with Crippen LogP contribution in [0.3, 0.4) is 0 Å². The van der Waals surface area contributed by atoms with Crippen LogP contribution < -0.4 is 0 Å². The van der Waals surface area contributed by atoms with E-state index in [9.17, 15) is 0 Å². The highest BCUT2D eigenvalue weighted by molar-refractivity contribution is 7.19.